The fourth-order valence-electron chi connectivity index (χ4n) is 1.90. The monoisotopic (exact) mass is 251 g/mol. The minimum Gasteiger partial charge on any atom is -0.463 e. The van der Waals surface area contributed by atoms with Gasteiger partial charge in [0.05, 0.1) is 18.2 Å². The first-order valence-electron chi connectivity index (χ1n) is 6.02. The van der Waals surface area contributed by atoms with Gasteiger partial charge in [0.15, 0.2) is 5.76 Å². The second-order valence-corrected chi connectivity index (χ2v) is 4.23. The molecule has 0 aliphatic rings. The van der Waals surface area contributed by atoms with Crippen LogP contribution in [0.25, 0.3) is 11.5 Å². The van der Waals surface area contributed by atoms with Crippen LogP contribution in [-0.4, -0.2) is 9.97 Å². The highest BCUT2D eigenvalue weighted by atomic mass is 16.3. The molecule has 3 rings (SSSR count). The van der Waals surface area contributed by atoms with Crippen molar-refractivity contribution in [2.24, 2.45) is 0 Å². The van der Waals surface area contributed by atoms with Crippen LogP contribution in [0.2, 0.25) is 0 Å². The highest BCUT2D eigenvalue weighted by Gasteiger charge is 2.09. The van der Waals surface area contributed by atoms with Crippen molar-refractivity contribution in [2.45, 2.75) is 6.42 Å². The first-order chi connectivity index (χ1) is 9.33. The van der Waals surface area contributed by atoms with Gasteiger partial charge >= 0.3 is 0 Å². The largest absolute Gasteiger partial charge is 0.463 e. The van der Waals surface area contributed by atoms with Gasteiger partial charge in [0.1, 0.15) is 11.5 Å². The molecule has 0 radical (unpaired) electrons. The van der Waals surface area contributed by atoms with Gasteiger partial charge in [-0.3, -0.25) is 0 Å². The molecule has 0 spiro atoms. The molecule has 0 aliphatic carbocycles. The van der Waals surface area contributed by atoms with Crippen LogP contribution in [0.15, 0.2) is 59.3 Å². The maximum Gasteiger partial charge on any atom is 0.153 e. The number of nitrogens with zero attached hydrogens (tertiary/aromatic N) is 2. The van der Waals surface area contributed by atoms with Crippen LogP contribution < -0.4 is 5.73 Å². The van der Waals surface area contributed by atoms with E-state index in [1.54, 1.807) is 12.5 Å². The predicted molar refractivity (Wildman–Crippen MR) is 73.4 cm³/mol. The Bertz CT molecular complexity index is 663. The lowest BCUT2D eigenvalue weighted by molar-refractivity contribution is 0.579. The smallest absolute Gasteiger partial charge is 0.153 e. The normalized spacial score (nSPS) is 10.5. The Kier molecular flexibility index (Phi) is 2.98. The van der Waals surface area contributed by atoms with Crippen LogP contribution in [0.5, 0.6) is 0 Å². The van der Waals surface area contributed by atoms with E-state index >= 15 is 0 Å². The molecule has 2 heterocycles. The van der Waals surface area contributed by atoms with Crippen LogP contribution in [-0.2, 0) is 6.42 Å². The number of aromatic nitrogens is 2. The number of anilines is 1. The second-order valence-electron chi connectivity index (χ2n) is 4.23. The van der Waals surface area contributed by atoms with Crippen molar-refractivity contribution in [3.05, 3.63) is 66.2 Å². The van der Waals surface area contributed by atoms with Crippen molar-refractivity contribution >= 4 is 5.82 Å². The summed E-state index contributed by atoms with van der Waals surface area (Å²) in [4.78, 5) is 8.72. The Hall–Kier alpha value is -2.62. The van der Waals surface area contributed by atoms with Gasteiger partial charge in [-0.2, -0.15) is 0 Å². The summed E-state index contributed by atoms with van der Waals surface area (Å²) in [5, 5.41) is 0. The van der Waals surface area contributed by atoms with Crippen molar-refractivity contribution in [1.29, 1.82) is 0 Å². The maximum atomic E-state index is 5.89. The van der Waals surface area contributed by atoms with Gasteiger partial charge in [-0.1, -0.05) is 30.3 Å². The Morgan fingerprint density at radius 2 is 1.89 bits per heavy atom. The third-order valence-electron chi connectivity index (χ3n) is 2.87. The molecule has 0 amide bonds. The van der Waals surface area contributed by atoms with E-state index in [1.807, 2.05) is 42.5 Å². The van der Waals surface area contributed by atoms with E-state index in [0.717, 1.165) is 11.3 Å². The van der Waals surface area contributed by atoms with E-state index in [9.17, 15) is 0 Å². The molecule has 0 aliphatic heterocycles. The minimum atomic E-state index is 0.458. The van der Waals surface area contributed by atoms with Crippen molar-refractivity contribution in [3.63, 3.8) is 0 Å². The quantitative estimate of drug-likeness (QED) is 0.777. The average Bonchev–Trinajstić information content (AvgIpc) is 2.96. The Balaban J connectivity index is 1.95. The molecule has 2 aromatic heterocycles. The molecular formula is C15H13N3O. The van der Waals surface area contributed by atoms with Crippen LogP contribution in [0.1, 0.15) is 11.3 Å². The third-order valence-corrected chi connectivity index (χ3v) is 2.87. The molecule has 4 nitrogen and oxygen atoms in total. The summed E-state index contributed by atoms with van der Waals surface area (Å²) in [6.45, 7) is 0. The van der Waals surface area contributed by atoms with Gasteiger partial charge in [0.2, 0.25) is 0 Å². The van der Waals surface area contributed by atoms with Crippen molar-refractivity contribution in [2.75, 3.05) is 5.73 Å². The zero-order chi connectivity index (χ0) is 13.1. The molecule has 3 aromatic rings. The van der Waals surface area contributed by atoms with Gasteiger partial charge in [-0.25, -0.2) is 9.97 Å². The SMILES string of the molecule is Nc1ncc(-c2ccco2)nc1Cc1ccccc1. The maximum absolute atomic E-state index is 5.89. The fourth-order valence-corrected chi connectivity index (χ4v) is 1.90. The standard InChI is InChI=1S/C15H13N3O/c16-15-12(9-11-5-2-1-3-6-11)18-13(10-17-15)14-7-4-8-19-14/h1-8,10H,9H2,(H2,16,17). The first kappa shape index (κ1) is 11.5. The summed E-state index contributed by atoms with van der Waals surface area (Å²) in [7, 11) is 0. The topological polar surface area (TPSA) is 64.9 Å². The summed E-state index contributed by atoms with van der Waals surface area (Å²) in [6.07, 6.45) is 3.90. The number of hydrogen-bond acceptors (Lipinski definition) is 4. The van der Waals surface area contributed by atoms with Crippen LogP contribution in [0, 0.1) is 0 Å². The number of nitrogens with two attached hydrogens (primary N) is 1. The third kappa shape index (κ3) is 2.47. The molecule has 0 unspecified atom stereocenters. The number of rotatable bonds is 3. The highest BCUT2D eigenvalue weighted by molar-refractivity contribution is 5.53. The molecule has 4 heteroatoms. The second kappa shape index (κ2) is 4.94. The highest BCUT2D eigenvalue weighted by Crippen LogP contribution is 2.20. The molecule has 0 saturated carbocycles. The number of benzene rings is 1. The summed E-state index contributed by atoms with van der Waals surface area (Å²) in [5.74, 6) is 1.15. The predicted octanol–water partition coefficient (Wildman–Crippen LogP) is 2.91. The first-order valence-corrected chi connectivity index (χ1v) is 6.02. The molecule has 0 fully saturated rings. The van der Waals surface area contributed by atoms with Gasteiger partial charge in [0.25, 0.3) is 0 Å². The zero-order valence-electron chi connectivity index (χ0n) is 10.3. The Morgan fingerprint density at radius 3 is 2.63 bits per heavy atom. The van der Waals surface area contributed by atoms with E-state index < -0.39 is 0 Å². The van der Waals surface area contributed by atoms with E-state index in [0.29, 0.717) is 23.7 Å². The Morgan fingerprint density at radius 1 is 1.05 bits per heavy atom. The molecular weight excluding hydrogens is 238 g/mol. The van der Waals surface area contributed by atoms with E-state index in [1.165, 1.54) is 0 Å². The average molecular weight is 251 g/mol. The Labute approximate surface area is 110 Å². The molecule has 94 valence electrons. The lowest BCUT2D eigenvalue weighted by Crippen LogP contribution is -2.03. The number of nitrogen functional groups attached to an aromatic ring is 1. The molecule has 1 aromatic carbocycles. The molecule has 0 saturated heterocycles. The lowest BCUT2D eigenvalue weighted by atomic mass is 10.1. The fraction of sp³-hybridized carbons (Fsp3) is 0.0667. The zero-order valence-corrected chi connectivity index (χ0v) is 10.3. The lowest BCUT2D eigenvalue weighted by Gasteiger charge is -2.05. The molecule has 0 bridgehead atoms. The van der Waals surface area contributed by atoms with Gasteiger partial charge in [-0.05, 0) is 17.7 Å². The molecule has 2 N–H and O–H groups in total. The van der Waals surface area contributed by atoms with Gasteiger partial charge in [-0.15, -0.1) is 0 Å². The van der Waals surface area contributed by atoms with Crippen molar-refractivity contribution in [1.82, 2.24) is 9.97 Å². The number of furan rings is 1. The van der Waals surface area contributed by atoms with Gasteiger partial charge < -0.3 is 10.2 Å². The van der Waals surface area contributed by atoms with E-state index in [2.05, 4.69) is 9.97 Å². The van der Waals surface area contributed by atoms with Crippen molar-refractivity contribution in [3.8, 4) is 11.5 Å². The summed E-state index contributed by atoms with van der Waals surface area (Å²) in [6, 6.07) is 13.7. The van der Waals surface area contributed by atoms with E-state index in [4.69, 9.17) is 10.2 Å². The summed E-state index contributed by atoms with van der Waals surface area (Å²) < 4.78 is 5.32. The minimum absolute atomic E-state index is 0.458. The van der Waals surface area contributed by atoms with Crippen LogP contribution in [0.3, 0.4) is 0 Å². The van der Waals surface area contributed by atoms with Crippen molar-refractivity contribution < 1.29 is 4.42 Å². The molecule has 19 heavy (non-hydrogen) atoms. The van der Waals surface area contributed by atoms with E-state index in [-0.39, 0.29) is 0 Å². The molecule has 0 atom stereocenters. The number of hydrogen-bond donors (Lipinski definition) is 1. The van der Waals surface area contributed by atoms with Crippen LogP contribution in [0.4, 0.5) is 5.82 Å². The summed E-state index contributed by atoms with van der Waals surface area (Å²) in [5.41, 5.74) is 8.50. The summed E-state index contributed by atoms with van der Waals surface area (Å²) >= 11 is 0. The van der Waals surface area contributed by atoms with Crippen LogP contribution >= 0.6 is 0 Å². The van der Waals surface area contributed by atoms with Gasteiger partial charge in [0, 0.05) is 6.42 Å².